The molecule has 1 fully saturated rings. The van der Waals surface area contributed by atoms with E-state index in [1.807, 2.05) is 44.3 Å². The van der Waals surface area contributed by atoms with Crippen LogP contribution in [0.4, 0.5) is 5.82 Å². The summed E-state index contributed by atoms with van der Waals surface area (Å²) in [5.74, 6) is 0.727. The highest BCUT2D eigenvalue weighted by Gasteiger charge is 2.25. The first-order valence-electron chi connectivity index (χ1n) is 10.2. The average Bonchev–Trinajstić information content (AvgIpc) is 3.20. The normalized spacial score (nSPS) is 17.1. The summed E-state index contributed by atoms with van der Waals surface area (Å²) < 4.78 is 1.52. The van der Waals surface area contributed by atoms with E-state index in [2.05, 4.69) is 20.3 Å². The van der Waals surface area contributed by atoms with E-state index in [0.29, 0.717) is 12.1 Å². The molecule has 0 saturated carbocycles. The van der Waals surface area contributed by atoms with Gasteiger partial charge in [-0.1, -0.05) is 0 Å². The zero-order valence-electron chi connectivity index (χ0n) is 16.9. The van der Waals surface area contributed by atoms with Crippen LogP contribution in [0.2, 0.25) is 0 Å². The van der Waals surface area contributed by atoms with Gasteiger partial charge in [0.15, 0.2) is 0 Å². The largest absolute Gasteiger partial charge is 0.361 e. The molecule has 1 aliphatic rings. The van der Waals surface area contributed by atoms with Crippen molar-refractivity contribution >= 4 is 22.6 Å². The SMILES string of the molecule is CC(C)n1nc(N2CCCCC2CNC(=O)c2ccc3[nH]ccc3c2)ccc1=O. The lowest BCUT2D eigenvalue weighted by atomic mass is 10.0. The van der Waals surface area contributed by atoms with Crippen LogP contribution in [0.15, 0.2) is 47.4 Å². The number of nitrogens with one attached hydrogen (secondary N) is 2. The second-order valence-corrected chi connectivity index (χ2v) is 7.90. The Balaban J connectivity index is 1.48. The molecule has 3 aromatic rings. The van der Waals surface area contributed by atoms with Crippen molar-refractivity contribution in [1.82, 2.24) is 20.1 Å². The van der Waals surface area contributed by atoms with Gasteiger partial charge in [0.2, 0.25) is 0 Å². The molecule has 7 heteroatoms. The Morgan fingerprint density at radius 3 is 2.93 bits per heavy atom. The van der Waals surface area contributed by atoms with Gasteiger partial charge in [0.25, 0.3) is 11.5 Å². The summed E-state index contributed by atoms with van der Waals surface area (Å²) in [5.41, 5.74) is 1.59. The van der Waals surface area contributed by atoms with Gasteiger partial charge < -0.3 is 15.2 Å². The summed E-state index contributed by atoms with van der Waals surface area (Å²) in [7, 11) is 0. The van der Waals surface area contributed by atoms with Crippen LogP contribution >= 0.6 is 0 Å². The highest BCUT2D eigenvalue weighted by Crippen LogP contribution is 2.22. The van der Waals surface area contributed by atoms with Crippen LogP contribution in [0.5, 0.6) is 0 Å². The van der Waals surface area contributed by atoms with E-state index >= 15 is 0 Å². The summed E-state index contributed by atoms with van der Waals surface area (Å²) in [4.78, 5) is 30.1. The standard InChI is InChI=1S/C22H27N5O2/c1-15(2)27-21(28)9-8-20(25-27)26-12-4-3-5-18(26)14-24-22(29)17-6-7-19-16(13-17)10-11-23-19/h6-11,13,15,18,23H,3-5,12,14H2,1-2H3,(H,24,29). The third-order valence-electron chi connectivity index (χ3n) is 5.54. The monoisotopic (exact) mass is 393 g/mol. The van der Waals surface area contributed by atoms with Crippen molar-refractivity contribution in [3.05, 3.63) is 58.5 Å². The van der Waals surface area contributed by atoms with Gasteiger partial charge in [0, 0.05) is 47.9 Å². The zero-order chi connectivity index (χ0) is 20.4. The van der Waals surface area contributed by atoms with Crippen LogP contribution in [-0.4, -0.2) is 39.8 Å². The summed E-state index contributed by atoms with van der Waals surface area (Å²) in [6, 6.07) is 11.2. The highest BCUT2D eigenvalue weighted by molar-refractivity contribution is 5.98. The van der Waals surface area contributed by atoms with Crippen molar-refractivity contribution < 1.29 is 4.79 Å². The Morgan fingerprint density at radius 1 is 1.24 bits per heavy atom. The summed E-state index contributed by atoms with van der Waals surface area (Å²) in [6.45, 7) is 5.33. The van der Waals surface area contributed by atoms with Crippen molar-refractivity contribution in [1.29, 1.82) is 0 Å². The van der Waals surface area contributed by atoms with Crippen LogP contribution in [0.3, 0.4) is 0 Å². The fourth-order valence-electron chi connectivity index (χ4n) is 3.96. The molecule has 1 unspecified atom stereocenters. The predicted molar refractivity (Wildman–Crippen MR) is 114 cm³/mol. The number of anilines is 1. The Bertz CT molecular complexity index is 1070. The van der Waals surface area contributed by atoms with Gasteiger partial charge in [-0.05, 0) is 63.4 Å². The van der Waals surface area contributed by atoms with Crippen molar-refractivity contribution in [2.24, 2.45) is 0 Å². The molecule has 7 nitrogen and oxygen atoms in total. The quantitative estimate of drug-likeness (QED) is 0.698. The van der Waals surface area contributed by atoms with Crippen LogP contribution in [0.25, 0.3) is 10.9 Å². The highest BCUT2D eigenvalue weighted by atomic mass is 16.1. The average molecular weight is 393 g/mol. The van der Waals surface area contributed by atoms with Gasteiger partial charge in [-0.3, -0.25) is 9.59 Å². The minimum absolute atomic E-state index is 0.00809. The minimum atomic E-state index is -0.0919. The molecule has 0 aliphatic carbocycles. The number of H-pyrrole nitrogens is 1. The molecule has 2 aromatic heterocycles. The number of amides is 1. The summed E-state index contributed by atoms with van der Waals surface area (Å²) >= 11 is 0. The number of hydrogen-bond acceptors (Lipinski definition) is 4. The number of fused-ring (bicyclic) bond motifs is 1. The molecule has 3 heterocycles. The number of rotatable bonds is 5. The van der Waals surface area contributed by atoms with E-state index in [0.717, 1.165) is 42.5 Å². The van der Waals surface area contributed by atoms with Crippen LogP contribution in [-0.2, 0) is 0 Å². The molecular weight excluding hydrogens is 366 g/mol. The minimum Gasteiger partial charge on any atom is -0.361 e. The number of carbonyl (C=O) groups excluding carboxylic acids is 1. The lowest BCUT2D eigenvalue weighted by Gasteiger charge is -2.37. The fraction of sp³-hybridized carbons (Fsp3) is 0.409. The van der Waals surface area contributed by atoms with Crippen molar-refractivity contribution in [3.8, 4) is 0 Å². The van der Waals surface area contributed by atoms with Crippen molar-refractivity contribution in [2.45, 2.75) is 45.2 Å². The molecule has 1 amide bonds. The van der Waals surface area contributed by atoms with Gasteiger partial charge in [0.1, 0.15) is 5.82 Å². The molecule has 2 N–H and O–H groups in total. The van der Waals surface area contributed by atoms with Crippen LogP contribution in [0.1, 0.15) is 49.5 Å². The van der Waals surface area contributed by atoms with Gasteiger partial charge >= 0.3 is 0 Å². The maximum Gasteiger partial charge on any atom is 0.267 e. The Morgan fingerprint density at radius 2 is 2.10 bits per heavy atom. The lowest BCUT2D eigenvalue weighted by molar-refractivity contribution is 0.0949. The second-order valence-electron chi connectivity index (χ2n) is 7.90. The molecule has 0 radical (unpaired) electrons. The third-order valence-corrected chi connectivity index (χ3v) is 5.54. The Kier molecular flexibility index (Phi) is 5.38. The lowest BCUT2D eigenvalue weighted by Crippen LogP contribution is -2.47. The van der Waals surface area contributed by atoms with E-state index in [-0.39, 0.29) is 23.6 Å². The van der Waals surface area contributed by atoms with Crippen molar-refractivity contribution in [3.63, 3.8) is 0 Å². The van der Waals surface area contributed by atoms with E-state index in [1.54, 1.807) is 12.1 Å². The van der Waals surface area contributed by atoms with Gasteiger partial charge in [-0.2, -0.15) is 5.10 Å². The smallest absolute Gasteiger partial charge is 0.267 e. The maximum atomic E-state index is 12.7. The van der Waals surface area contributed by atoms with Crippen molar-refractivity contribution in [2.75, 3.05) is 18.0 Å². The first kappa shape index (κ1) is 19.2. The third kappa shape index (κ3) is 4.04. The first-order chi connectivity index (χ1) is 14.0. The molecule has 152 valence electrons. The predicted octanol–water partition coefficient (Wildman–Crippen LogP) is 3.09. The number of hydrogen-bond donors (Lipinski definition) is 2. The van der Waals surface area contributed by atoms with Gasteiger partial charge in [-0.25, -0.2) is 4.68 Å². The number of benzene rings is 1. The van der Waals surface area contributed by atoms with Crippen LogP contribution in [0, 0.1) is 0 Å². The number of aromatic amines is 1. The molecular formula is C22H27N5O2. The molecule has 1 aromatic carbocycles. The summed E-state index contributed by atoms with van der Waals surface area (Å²) in [6.07, 6.45) is 5.06. The van der Waals surface area contributed by atoms with E-state index in [9.17, 15) is 9.59 Å². The zero-order valence-corrected chi connectivity index (χ0v) is 16.9. The molecule has 1 atom stereocenters. The molecule has 29 heavy (non-hydrogen) atoms. The molecule has 0 bridgehead atoms. The number of aromatic nitrogens is 3. The van der Waals surface area contributed by atoms with E-state index in [4.69, 9.17) is 0 Å². The topological polar surface area (TPSA) is 83.0 Å². The second kappa shape index (κ2) is 8.11. The maximum absolute atomic E-state index is 12.7. The molecule has 0 spiro atoms. The first-order valence-corrected chi connectivity index (χ1v) is 10.2. The number of carbonyl (C=O) groups is 1. The summed E-state index contributed by atoms with van der Waals surface area (Å²) in [5, 5.41) is 8.69. The fourth-order valence-corrected chi connectivity index (χ4v) is 3.96. The van der Waals surface area contributed by atoms with Gasteiger partial charge in [0.05, 0.1) is 6.04 Å². The Hall–Kier alpha value is -3.09. The molecule has 4 rings (SSSR count). The number of nitrogens with zero attached hydrogens (tertiary/aromatic N) is 3. The van der Waals surface area contributed by atoms with Crippen LogP contribution < -0.4 is 15.8 Å². The number of piperidine rings is 1. The van der Waals surface area contributed by atoms with E-state index in [1.165, 1.54) is 4.68 Å². The van der Waals surface area contributed by atoms with E-state index < -0.39 is 0 Å². The Labute approximate surface area is 169 Å². The molecule has 1 aliphatic heterocycles. The van der Waals surface area contributed by atoms with Gasteiger partial charge in [-0.15, -0.1) is 0 Å². The molecule has 1 saturated heterocycles.